The first kappa shape index (κ1) is 17.6. The van der Waals surface area contributed by atoms with Crippen LogP contribution in [-0.2, 0) is 4.74 Å². The lowest BCUT2D eigenvalue weighted by atomic mass is 10.1. The molecule has 0 saturated carbocycles. The summed E-state index contributed by atoms with van der Waals surface area (Å²) < 4.78 is 13.8. The number of nitrogens with zero attached hydrogens (tertiary/aromatic N) is 2. The molecule has 0 aliphatic heterocycles. The number of hydrogen-bond acceptors (Lipinski definition) is 6. The summed E-state index contributed by atoms with van der Waals surface area (Å²) in [6.45, 7) is 1.47. The van der Waals surface area contributed by atoms with Gasteiger partial charge in [0.25, 0.3) is 0 Å². The molecule has 0 spiro atoms. The van der Waals surface area contributed by atoms with E-state index in [2.05, 4.69) is 21.9 Å². The van der Waals surface area contributed by atoms with E-state index in [9.17, 15) is 5.11 Å². The van der Waals surface area contributed by atoms with Crippen molar-refractivity contribution in [3.8, 4) is 22.8 Å². The van der Waals surface area contributed by atoms with E-state index >= 15 is 0 Å². The molecule has 6 nitrogen and oxygen atoms in total. The second kappa shape index (κ2) is 7.46. The summed E-state index contributed by atoms with van der Waals surface area (Å²) in [6, 6.07) is 13.6. The van der Waals surface area contributed by atoms with Crippen molar-refractivity contribution in [3.63, 3.8) is 0 Å². The summed E-state index contributed by atoms with van der Waals surface area (Å²) in [7, 11) is 3.25. The summed E-state index contributed by atoms with van der Waals surface area (Å²) in [5.74, 6) is 1.48. The smallest absolute Gasteiger partial charge is 0.197 e. The highest BCUT2D eigenvalue weighted by atomic mass is 32.1. The molecule has 0 atom stereocenters. The van der Waals surface area contributed by atoms with Gasteiger partial charge in [0.2, 0.25) is 0 Å². The third-order valence-electron chi connectivity index (χ3n) is 4.42. The number of aromatic nitrogens is 2. The van der Waals surface area contributed by atoms with Crippen LogP contribution in [0.25, 0.3) is 26.4 Å². The standard InChI is InChI=1S/C20H21N3O3S/c1-25-11-5-10-21-19-18(13-8-9-15(24)16(12-13)26-2)22-20-23(19)14-6-3-4-7-17(14)27-20/h3-4,6-9,12,21,24H,5,10-11H2,1-2H3. The lowest BCUT2D eigenvalue weighted by Crippen LogP contribution is -2.07. The number of methoxy groups -OCH3 is 2. The number of benzene rings is 2. The monoisotopic (exact) mass is 383 g/mol. The molecule has 0 saturated heterocycles. The number of anilines is 1. The SMILES string of the molecule is COCCCNc1c(-c2ccc(O)c(OC)c2)nc2sc3ccccc3n12. The molecule has 0 amide bonds. The third-order valence-corrected chi connectivity index (χ3v) is 5.45. The number of aromatic hydroxyl groups is 1. The zero-order chi connectivity index (χ0) is 18.8. The van der Waals surface area contributed by atoms with E-state index in [-0.39, 0.29) is 5.75 Å². The van der Waals surface area contributed by atoms with E-state index in [1.165, 1.54) is 4.70 Å². The van der Waals surface area contributed by atoms with Crippen LogP contribution in [0.1, 0.15) is 6.42 Å². The number of thiazole rings is 1. The van der Waals surface area contributed by atoms with Gasteiger partial charge in [0.05, 0.1) is 17.3 Å². The van der Waals surface area contributed by atoms with Crippen LogP contribution in [0.3, 0.4) is 0 Å². The maximum atomic E-state index is 9.91. The summed E-state index contributed by atoms with van der Waals surface area (Å²) in [5, 5.41) is 13.4. The molecule has 2 N–H and O–H groups in total. The highest BCUT2D eigenvalue weighted by Crippen LogP contribution is 2.38. The minimum absolute atomic E-state index is 0.113. The highest BCUT2D eigenvalue weighted by Gasteiger charge is 2.19. The Bertz CT molecular complexity index is 1090. The number of phenolic OH excluding ortho intramolecular Hbond substituents is 1. The molecule has 0 bridgehead atoms. The quantitative estimate of drug-likeness (QED) is 0.464. The molecule has 2 aromatic carbocycles. The largest absolute Gasteiger partial charge is 0.504 e. The second-order valence-electron chi connectivity index (χ2n) is 6.16. The molecule has 140 valence electrons. The third kappa shape index (κ3) is 3.20. The van der Waals surface area contributed by atoms with Gasteiger partial charge in [-0.2, -0.15) is 0 Å². The number of rotatable bonds is 7. The van der Waals surface area contributed by atoms with E-state index in [1.807, 2.05) is 24.3 Å². The summed E-state index contributed by atoms with van der Waals surface area (Å²) >= 11 is 1.65. The summed E-state index contributed by atoms with van der Waals surface area (Å²) in [6.07, 6.45) is 0.893. The van der Waals surface area contributed by atoms with Crippen molar-refractivity contribution < 1.29 is 14.6 Å². The van der Waals surface area contributed by atoms with Gasteiger partial charge in [0.1, 0.15) is 11.5 Å². The van der Waals surface area contributed by atoms with Gasteiger partial charge in [-0.25, -0.2) is 4.98 Å². The molecule has 27 heavy (non-hydrogen) atoms. The molecular weight excluding hydrogens is 362 g/mol. The molecular formula is C20H21N3O3S. The molecule has 0 aliphatic carbocycles. The minimum Gasteiger partial charge on any atom is -0.504 e. The Balaban J connectivity index is 1.86. The molecule has 2 aromatic heterocycles. The average molecular weight is 383 g/mol. The van der Waals surface area contributed by atoms with Crippen molar-refractivity contribution in [2.24, 2.45) is 0 Å². The number of hydrogen-bond donors (Lipinski definition) is 2. The van der Waals surface area contributed by atoms with E-state index in [1.54, 1.807) is 31.6 Å². The average Bonchev–Trinajstić information content (AvgIpc) is 3.22. The highest BCUT2D eigenvalue weighted by molar-refractivity contribution is 7.23. The van der Waals surface area contributed by atoms with Crippen molar-refractivity contribution in [2.75, 3.05) is 32.7 Å². The van der Waals surface area contributed by atoms with Gasteiger partial charge in [0, 0.05) is 25.8 Å². The van der Waals surface area contributed by atoms with Crippen molar-refractivity contribution in [3.05, 3.63) is 42.5 Å². The van der Waals surface area contributed by atoms with Gasteiger partial charge >= 0.3 is 0 Å². The molecule has 0 aliphatic rings. The maximum absolute atomic E-state index is 9.91. The molecule has 0 fully saturated rings. The van der Waals surface area contributed by atoms with Crippen LogP contribution < -0.4 is 10.1 Å². The van der Waals surface area contributed by atoms with Crippen LogP contribution in [0.5, 0.6) is 11.5 Å². The molecule has 2 heterocycles. The van der Waals surface area contributed by atoms with Gasteiger partial charge in [-0.1, -0.05) is 23.5 Å². The van der Waals surface area contributed by atoms with E-state index in [0.29, 0.717) is 12.4 Å². The summed E-state index contributed by atoms with van der Waals surface area (Å²) in [5.41, 5.74) is 2.85. The normalized spacial score (nSPS) is 11.3. The van der Waals surface area contributed by atoms with E-state index < -0.39 is 0 Å². The Morgan fingerprint density at radius 3 is 2.85 bits per heavy atom. The fraction of sp³-hybridized carbons (Fsp3) is 0.250. The van der Waals surface area contributed by atoms with Crippen LogP contribution in [0.4, 0.5) is 5.82 Å². The molecule has 4 aromatic rings. The Labute approximate surface area is 161 Å². The fourth-order valence-corrected chi connectivity index (χ4v) is 4.16. The topological polar surface area (TPSA) is 68.0 Å². The molecule has 0 radical (unpaired) electrons. The van der Waals surface area contributed by atoms with Gasteiger partial charge in [-0.15, -0.1) is 0 Å². The van der Waals surface area contributed by atoms with Gasteiger partial charge < -0.3 is 19.9 Å². The summed E-state index contributed by atoms with van der Waals surface area (Å²) in [4.78, 5) is 5.80. The number of imidazole rings is 1. The number of fused-ring (bicyclic) bond motifs is 3. The predicted molar refractivity (Wildman–Crippen MR) is 109 cm³/mol. The zero-order valence-corrected chi connectivity index (χ0v) is 16.0. The van der Waals surface area contributed by atoms with Crippen molar-refractivity contribution in [1.82, 2.24) is 9.38 Å². The Kier molecular flexibility index (Phi) is 4.87. The molecule has 4 rings (SSSR count). The van der Waals surface area contributed by atoms with E-state index in [4.69, 9.17) is 14.5 Å². The number of nitrogens with one attached hydrogen (secondary N) is 1. The minimum atomic E-state index is 0.113. The van der Waals surface area contributed by atoms with Crippen molar-refractivity contribution in [2.45, 2.75) is 6.42 Å². The number of para-hydroxylation sites is 1. The second-order valence-corrected chi connectivity index (χ2v) is 7.17. The van der Waals surface area contributed by atoms with Gasteiger partial charge in [-0.3, -0.25) is 4.40 Å². The number of phenols is 1. The predicted octanol–water partition coefficient (Wildman–Crippen LogP) is 4.38. The van der Waals surface area contributed by atoms with Gasteiger partial charge in [0.15, 0.2) is 16.5 Å². The van der Waals surface area contributed by atoms with E-state index in [0.717, 1.165) is 40.5 Å². The Morgan fingerprint density at radius 2 is 2.04 bits per heavy atom. The lowest BCUT2D eigenvalue weighted by Gasteiger charge is -2.10. The van der Waals surface area contributed by atoms with Gasteiger partial charge in [-0.05, 0) is 36.8 Å². The van der Waals surface area contributed by atoms with Crippen LogP contribution in [0.2, 0.25) is 0 Å². The molecule has 0 unspecified atom stereocenters. The van der Waals surface area contributed by atoms with Crippen LogP contribution in [0, 0.1) is 0 Å². The first-order valence-corrected chi connectivity index (χ1v) is 9.54. The van der Waals surface area contributed by atoms with Crippen LogP contribution in [0.15, 0.2) is 42.5 Å². The Morgan fingerprint density at radius 1 is 1.19 bits per heavy atom. The zero-order valence-electron chi connectivity index (χ0n) is 15.2. The Hall–Kier alpha value is -2.77. The maximum Gasteiger partial charge on any atom is 0.197 e. The fourth-order valence-electron chi connectivity index (χ4n) is 3.13. The molecule has 7 heteroatoms. The van der Waals surface area contributed by atoms with Crippen molar-refractivity contribution >= 4 is 32.3 Å². The van der Waals surface area contributed by atoms with Crippen LogP contribution >= 0.6 is 11.3 Å². The first-order valence-electron chi connectivity index (χ1n) is 8.73. The van der Waals surface area contributed by atoms with Crippen molar-refractivity contribution in [1.29, 1.82) is 0 Å². The number of ether oxygens (including phenoxy) is 2. The van der Waals surface area contributed by atoms with Crippen LogP contribution in [-0.4, -0.2) is 41.9 Å². The lowest BCUT2D eigenvalue weighted by molar-refractivity contribution is 0.198. The first-order chi connectivity index (χ1) is 13.2.